The number of nitrogens with one attached hydrogen (secondary N) is 3. The highest BCUT2D eigenvalue weighted by Crippen LogP contribution is 2.22. The Morgan fingerprint density at radius 1 is 1.10 bits per heavy atom. The molecule has 0 aromatic heterocycles. The second kappa shape index (κ2) is 8.97. The number of aryl methyl sites for hydroxylation is 1. The third-order valence-electron chi connectivity index (χ3n) is 5.27. The Labute approximate surface area is 177 Å². The van der Waals surface area contributed by atoms with Crippen molar-refractivity contribution in [2.45, 2.75) is 50.1 Å². The van der Waals surface area contributed by atoms with Crippen molar-refractivity contribution < 1.29 is 18.0 Å². The van der Waals surface area contributed by atoms with E-state index < -0.39 is 22.0 Å². The van der Waals surface area contributed by atoms with Gasteiger partial charge in [-0.3, -0.25) is 9.59 Å². The number of rotatable bonds is 8. The molecule has 30 heavy (non-hydrogen) atoms. The van der Waals surface area contributed by atoms with Crippen molar-refractivity contribution in [1.29, 1.82) is 0 Å². The van der Waals surface area contributed by atoms with Crippen LogP contribution in [0.1, 0.15) is 39.9 Å². The lowest BCUT2D eigenvalue weighted by atomic mass is 10.0. The average molecular weight is 430 g/mol. The lowest BCUT2D eigenvalue weighted by molar-refractivity contribution is -0.123. The van der Waals surface area contributed by atoms with Gasteiger partial charge in [-0.2, -0.15) is 0 Å². The van der Waals surface area contributed by atoms with Gasteiger partial charge < -0.3 is 10.6 Å². The van der Waals surface area contributed by atoms with E-state index in [1.54, 1.807) is 19.9 Å². The Balaban J connectivity index is 1.86. The second-order valence-electron chi connectivity index (χ2n) is 7.62. The Hall–Kier alpha value is -2.71. The minimum absolute atomic E-state index is 0.0530. The quantitative estimate of drug-likeness (QED) is 0.595. The summed E-state index contributed by atoms with van der Waals surface area (Å²) in [6, 6.07) is 11.8. The minimum atomic E-state index is -3.72. The maximum absolute atomic E-state index is 13.0. The van der Waals surface area contributed by atoms with E-state index in [0.717, 1.165) is 18.4 Å². The summed E-state index contributed by atoms with van der Waals surface area (Å²) in [6.07, 6.45) is 2.23. The van der Waals surface area contributed by atoms with Crippen LogP contribution in [0.5, 0.6) is 0 Å². The van der Waals surface area contributed by atoms with Crippen LogP contribution in [0.25, 0.3) is 0 Å². The van der Waals surface area contributed by atoms with Crippen molar-refractivity contribution in [3.8, 4) is 0 Å². The lowest BCUT2D eigenvalue weighted by Crippen LogP contribution is -2.48. The smallest absolute Gasteiger partial charge is 0.251 e. The predicted octanol–water partition coefficient (Wildman–Crippen LogP) is 1.83. The SMILES string of the molecule is CNS(=O)(=O)c1cc(C(=O)NC(Cc2ccccc2)C(=O)NC2CC2)cc(C)c1C. The fourth-order valence-electron chi connectivity index (χ4n) is 3.18. The highest BCUT2D eigenvalue weighted by Gasteiger charge is 2.29. The van der Waals surface area contributed by atoms with E-state index in [4.69, 9.17) is 0 Å². The molecule has 2 aromatic rings. The molecule has 0 aliphatic heterocycles. The number of benzene rings is 2. The zero-order chi connectivity index (χ0) is 21.9. The van der Waals surface area contributed by atoms with Crippen LogP contribution in [-0.2, 0) is 21.2 Å². The molecule has 0 radical (unpaired) electrons. The Morgan fingerprint density at radius 3 is 2.37 bits per heavy atom. The summed E-state index contributed by atoms with van der Waals surface area (Å²) in [5.74, 6) is -0.723. The molecule has 0 bridgehead atoms. The van der Waals surface area contributed by atoms with E-state index >= 15 is 0 Å². The summed E-state index contributed by atoms with van der Waals surface area (Å²) in [5.41, 5.74) is 2.38. The maximum atomic E-state index is 13.0. The molecule has 2 aromatic carbocycles. The van der Waals surface area contributed by atoms with E-state index in [9.17, 15) is 18.0 Å². The van der Waals surface area contributed by atoms with Crippen LogP contribution in [0.2, 0.25) is 0 Å². The molecule has 0 heterocycles. The maximum Gasteiger partial charge on any atom is 0.251 e. The molecule has 1 fully saturated rings. The van der Waals surface area contributed by atoms with Crippen molar-refractivity contribution in [2.75, 3.05) is 7.05 Å². The monoisotopic (exact) mass is 429 g/mol. The van der Waals surface area contributed by atoms with Crippen molar-refractivity contribution in [1.82, 2.24) is 15.4 Å². The molecule has 1 atom stereocenters. The molecule has 7 nitrogen and oxygen atoms in total. The largest absolute Gasteiger partial charge is 0.352 e. The highest BCUT2D eigenvalue weighted by atomic mass is 32.2. The summed E-state index contributed by atoms with van der Waals surface area (Å²) >= 11 is 0. The molecule has 3 N–H and O–H groups in total. The Kier molecular flexibility index (Phi) is 6.58. The molecular formula is C22H27N3O4S. The van der Waals surface area contributed by atoms with Gasteiger partial charge in [-0.1, -0.05) is 30.3 Å². The van der Waals surface area contributed by atoms with E-state index in [-0.39, 0.29) is 22.4 Å². The number of carbonyl (C=O) groups is 2. The standard InChI is InChI=1S/C22H27N3O4S/c1-14-11-17(13-20(15(14)2)30(28,29)23-3)21(26)25-19(22(27)24-18-9-10-18)12-16-7-5-4-6-8-16/h4-8,11,13,18-19,23H,9-10,12H2,1-3H3,(H,24,27)(H,25,26). The van der Waals surface area contributed by atoms with Gasteiger partial charge in [-0.25, -0.2) is 13.1 Å². The van der Waals surface area contributed by atoms with Crippen LogP contribution >= 0.6 is 0 Å². The Morgan fingerprint density at radius 2 is 1.77 bits per heavy atom. The molecule has 1 unspecified atom stereocenters. The fraction of sp³-hybridized carbons (Fsp3) is 0.364. The fourth-order valence-corrected chi connectivity index (χ4v) is 4.24. The second-order valence-corrected chi connectivity index (χ2v) is 9.48. The van der Waals surface area contributed by atoms with E-state index in [1.807, 2.05) is 30.3 Å². The number of amides is 2. The number of carbonyl (C=O) groups excluding carboxylic acids is 2. The first-order chi connectivity index (χ1) is 14.2. The molecule has 8 heteroatoms. The molecule has 1 aliphatic rings. The zero-order valence-electron chi connectivity index (χ0n) is 17.4. The lowest BCUT2D eigenvalue weighted by Gasteiger charge is -2.19. The van der Waals surface area contributed by atoms with Gasteiger partial charge in [0, 0.05) is 18.0 Å². The number of hydrogen-bond donors (Lipinski definition) is 3. The first-order valence-electron chi connectivity index (χ1n) is 9.91. The van der Waals surface area contributed by atoms with Gasteiger partial charge in [0.2, 0.25) is 15.9 Å². The summed E-state index contributed by atoms with van der Waals surface area (Å²) < 4.78 is 27.0. The van der Waals surface area contributed by atoms with E-state index in [2.05, 4.69) is 15.4 Å². The van der Waals surface area contributed by atoms with Crippen LogP contribution in [0.4, 0.5) is 0 Å². The van der Waals surface area contributed by atoms with Gasteiger partial charge in [0.05, 0.1) is 4.90 Å². The van der Waals surface area contributed by atoms with Gasteiger partial charge in [0.15, 0.2) is 0 Å². The molecule has 0 saturated heterocycles. The van der Waals surface area contributed by atoms with Crippen molar-refractivity contribution in [3.05, 3.63) is 64.7 Å². The van der Waals surface area contributed by atoms with Crippen molar-refractivity contribution in [2.24, 2.45) is 0 Å². The molecule has 0 spiro atoms. The third kappa shape index (κ3) is 5.25. The van der Waals surface area contributed by atoms with Crippen LogP contribution in [-0.4, -0.2) is 39.4 Å². The summed E-state index contributed by atoms with van der Waals surface area (Å²) in [5, 5.41) is 5.73. The minimum Gasteiger partial charge on any atom is -0.352 e. The van der Waals surface area contributed by atoms with Crippen LogP contribution in [0, 0.1) is 13.8 Å². The normalized spacial score (nSPS) is 14.8. The van der Waals surface area contributed by atoms with E-state index in [0.29, 0.717) is 17.5 Å². The van der Waals surface area contributed by atoms with Crippen LogP contribution in [0.3, 0.4) is 0 Å². The summed E-state index contributed by atoms with van der Waals surface area (Å²) in [4.78, 5) is 25.8. The van der Waals surface area contributed by atoms with Crippen LogP contribution < -0.4 is 15.4 Å². The molecular weight excluding hydrogens is 402 g/mol. The molecule has 1 saturated carbocycles. The molecule has 3 rings (SSSR count). The van der Waals surface area contributed by atoms with Crippen molar-refractivity contribution in [3.63, 3.8) is 0 Å². The molecule has 1 aliphatic carbocycles. The van der Waals surface area contributed by atoms with Crippen molar-refractivity contribution >= 4 is 21.8 Å². The molecule has 2 amide bonds. The van der Waals surface area contributed by atoms with E-state index in [1.165, 1.54) is 13.1 Å². The predicted molar refractivity (Wildman–Crippen MR) is 115 cm³/mol. The summed E-state index contributed by atoms with van der Waals surface area (Å²) in [7, 11) is -2.39. The summed E-state index contributed by atoms with van der Waals surface area (Å²) in [6.45, 7) is 3.45. The van der Waals surface area contributed by atoms with Gasteiger partial charge in [-0.15, -0.1) is 0 Å². The van der Waals surface area contributed by atoms with Gasteiger partial charge in [-0.05, 0) is 62.6 Å². The number of hydrogen-bond acceptors (Lipinski definition) is 4. The third-order valence-corrected chi connectivity index (χ3v) is 6.81. The van der Waals surface area contributed by atoms with Gasteiger partial charge >= 0.3 is 0 Å². The highest BCUT2D eigenvalue weighted by molar-refractivity contribution is 7.89. The average Bonchev–Trinajstić information content (AvgIpc) is 3.53. The number of sulfonamides is 1. The zero-order valence-corrected chi connectivity index (χ0v) is 18.2. The van der Waals surface area contributed by atoms with Gasteiger partial charge in [0.1, 0.15) is 6.04 Å². The first kappa shape index (κ1) is 22.0. The molecule has 160 valence electrons. The topological polar surface area (TPSA) is 104 Å². The van der Waals surface area contributed by atoms with Crippen LogP contribution in [0.15, 0.2) is 47.4 Å². The Bertz CT molecular complexity index is 1050. The van der Waals surface area contributed by atoms with Gasteiger partial charge in [0.25, 0.3) is 5.91 Å². The first-order valence-corrected chi connectivity index (χ1v) is 11.4.